The average Bonchev–Trinajstić information content (AvgIpc) is 2.28. The minimum Gasteiger partial charge on any atom is -0.395 e. The summed E-state index contributed by atoms with van der Waals surface area (Å²) in [5.74, 6) is 0.445. The number of rotatable bonds is 5. The molecule has 92 valence electrons. The highest BCUT2D eigenvalue weighted by atomic mass is 16.3. The quantitative estimate of drug-likeness (QED) is 0.717. The van der Waals surface area contributed by atoms with Crippen molar-refractivity contribution in [2.75, 3.05) is 17.6 Å². The second-order valence-corrected chi connectivity index (χ2v) is 4.33. The maximum absolute atomic E-state index is 10.00. The van der Waals surface area contributed by atoms with Crippen molar-refractivity contribution in [3.63, 3.8) is 0 Å². The number of hydrogen-bond donors (Lipinski definition) is 3. The van der Waals surface area contributed by atoms with Crippen LogP contribution in [0.4, 0.5) is 11.5 Å². The molecule has 0 amide bonds. The number of anilines is 2. The normalized spacial score (nSPS) is 13.8. The van der Waals surface area contributed by atoms with Crippen LogP contribution < -0.4 is 11.1 Å². The van der Waals surface area contributed by atoms with E-state index in [2.05, 4.69) is 10.3 Å². The SMILES string of the molecule is CCCC(C)(O)CNc1nccc(C#N)c1N. The van der Waals surface area contributed by atoms with Crippen LogP contribution in [-0.4, -0.2) is 22.2 Å². The zero-order valence-corrected chi connectivity index (χ0v) is 10.2. The first-order chi connectivity index (χ1) is 8.00. The van der Waals surface area contributed by atoms with E-state index in [1.54, 1.807) is 13.0 Å². The number of nitrogens with two attached hydrogens (primary N) is 1. The lowest BCUT2D eigenvalue weighted by atomic mass is 10.0. The Kier molecular flexibility index (Phi) is 4.30. The van der Waals surface area contributed by atoms with E-state index in [0.717, 1.165) is 6.42 Å². The Bertz CT molecular complexity index is 423. The molecule has 0 aliphatic rings. The van der Waals surface area contributed by atoms with Gasteiger partial charge in [-0.3, -0.25) is 0 Å². The van der Waals surface area contributed by atoms with Crippen LogP contribution in [0.15, 0.2) is 12.3 Å². The van der Waals surface area contributed by atoms with Gasteiger partial charge in [0.25, 0.3) is 0 Å². The number of nitriles is 1. The highest BCUT2D eigenvalue weighted by molar-refractivity contribution is 5.68. The summed E-state index contributed by atoms with van der Waals surface area (Å²) < 4.78 is 0. The summed E-state index contributed by atoms with van der Waals surface area (Å²) in [4.78, 5) is 4.05. The van der Waals surface area contributed by atoms with Crippen molar-refractivity contribution < 1.29 is 5.11 Å². The van der Waals surface area contributed by atoms with Gasteiger partial charge in [-0.2, -0.15) is 5.26 Å². The molecule has 1 atom stereocenters. The maximum Gasteiger partial charge on any atom is 0.150 e. The van der Waals surface area contributed by atoms with Crippen molar-refractivity contribution in [1.29, 1.82) is 5.26 Å². The van der Waals surface area contributed by atoms with Crippen LogP contribution in [0, 0.1) is 11.3 Å². The van der Waals surface area contributed by atoms with Crippen molar-refractivity contribution in [1.82, 2.24) is 4.98 Å². The van der Waals surface area contributed by atoms with Gasteiger partial charge in [-0.15, -0.1) is 0 Å². The van der Waals surface area contributed by atoms with Crippen molar-refractivity contribution in [3.8, 4) is 6.07 Å². The lowest BCUT2D eigenvalue weighted by Crippen LogP contribution is -2.33. The molecule has 0 aliphatic heterocycles. The van der Waals surface area contributed by atoms with Gasteiger partial charge in [0.15, 0.2) is 5.82 Å². The van der Waals surface area contributed by atoms with Gasteiger partial charge >= 0.3 is 0 Å². The largest absolute Gasteiger partial charge is 0.395 e. The summed E-state index contributed by atoms with van der Waals surface area (Å²) in [6, 6.07) is 3.55. The molecule has 0 bridgehead atoms. The molecular weight excluding hydrogens is 216 g/mol. The molecule has 0 saturated heterocycles. The molecule has 1 aromatic heterocycles. The van der Waals surface area contributed by atoms with Crippen molar-refractivity contribution in [2.45, 2.75) is 32.3 Å². The number of pyridine rings is 1. The molecule has 0 spiro atoms. The summed E-state index contributed by atoms with van der Waals surface area (Å²) >= 11 is 0. The fourth-order valence-electron chi connectivity index (χ4n) is 1.61. The highest BCUT2D eigenvalue weighted by Crippen LogP contribution is 2.20. The lowest BCUT2D eigenvalue weighted by molar-refractivity contribution is 0.0636. The van der Waals surface area contributed by atoms with Crippen LogP contribution in [0.3, 0.4) is 0 Å². The molecule has 5 nitrogen and oxygen atoms in total. The van der Waals surface area contributed by atoms with E-state index in [0.29, 0.717) is 30.0 Å². The summed E-state index contributed by atoms with van der Waals surface area (Å²) in [7, 11) is 0. The van der Waals surface area contributed by atoms with Crippen LogP contribution >= 0.6 is 0 Å². The molecule has 1 heterocycles. The van der Waals surface area contributed by atoms with Gasteiger partial charge in [0.1, 0.15) is 6.07 Å². The first-order valence-electron chi connectivity index (χ1n) is 5.61. The molecule has 0 radical (unpaired) electrons. The topological polar surface area (TPSA) is 95.0 Å². The van der Waals surface area contributed by atoms with Gasteiger partial charge in [0.2, 0.25) is 0 Å². The predicted molar refractivity (Wildman–Crippen MR) is 67.4 cm³/mol. The van der Waals surface area contributed by atoms with Crippen LogP contribution in [0.5, 0.6) is 0 Å². The number of aromatic nitrogens is 1. The Balaban J connectivity index is 2.74. The third-order valence-electron chi connectivity index (χ3n) is 2.54. The van der Waals surface area contributed by atoms with Crippen molar-refractivity contribution in [2.24, 2.45) is 0 Å². The minimum absolute atomic E-state index is 0.322. The molecule has 0 fully saturated rings. The van der Waals surface area contributed by atoms with Crippen LogP contribution in [-0.2, 0) is 0 Å². The first-order valence-corrected chi connectivity index (χ1v) is 5.61. The number of aliphatic hydroxyl groups is 1. The fraction of sp³-hybridized carbons (Fsp3) is 0.500. The summed E-state index contributed by atoms with van der Waals surface area (Å²) in [5, 5.41) is 21.8. The molecule has 1 rings (SSSR count). The Morgan fingerprint density at radius 3 is 2.94 bits per heavy atom. The van der Waals surface area contributed by atoms with Crippen molar-refractivity contribution >= 4 is 11.5 Å². The monoisotopic (exact) mass is 234 g/mol. The predicted octanol–water partition coefficient (Wildman–Crippen LogP) is 1.50. The number of hydrogen-bond acceptors (Lipinski definition) is 5. The second-order valence-electron chi connectivity index (χ2n) is 4.33. The molecule has 5 heteroatoms. The van der Waals surface area contributed by atoms with Gasteiger partial charge in [0.05, 0.1) is 16.9 Å². The van der Waals surface area contributed by atoms with Crippen LogP contribution in [0.25, 0.3) is 0 Å². The Labute approximate surface area is 101 Å². The molecule has 0 saturated carbocycles. The Morgan fingerprint density at radius 2 is 2.35 bits per heavy atom. The third-order valence-corrected chi connectivity index (χ3v) is 2.54. The lowest BCUT2D eigenvalue weighted by Gasteiger charge is -2.23. The molecule has 0 aliphatic carbocycles. The molecule has 1 aromatic rings. The van der Waals surface area contributed by atoms with Gasteiger partial charge in [-0.05, 0) is 19.4 Å². The van der Waals surface area contributed by atoms with E-state index < -0.39 is 5.60 Å². The van der Waals surface area contributed by atoms with E-state index in [4.69, 9.17) is 11.0 Å². The minimum atomic E-state index is -0.800. The molecule has 17 heavy (non-hydrogen) atoms. The smallest absolute Gasteiger partial charge is 0.150 e. The first kappa shape index (κ1) is 13.3. The number of nitrogens with zero attached hydrogens (tertiary/aromatic N) is 2. The van der Waals surface area contributed by atoms with Gasteiger partial charge in [-0.1, -0.05) is 13.3 Å². The zero-order chi connectivity index (χ0) is 12.9. The fourth-order valence-corrected chi connectivity index (χ4v) is 1.61. The summed E-state index contributed by atoms with van der Waals surface area (Å²) in [6.45, 7) is 4.12. The molecule has 4 N–H and O–H groups in total. The van der Waals surface area contributed by atoms with E-state index in [1.165, 1.54) is 6.20 Å². The number of nitrogen functional groups attached to an aromatic ring is 1. The molecule has 0 aromatic carbocycles. The van der Waals surface area contributed by atoms with Crippen molar-refractivity contribution in [3.05, 3.63) is 17.8 Å². The van der Waals surface area contributed by atoms with Gasteiger partial charge in [0, 0.05) is 12.7 Å². The van der Waals surface area contributed by atoms with E-state index in [1.807, 2.05) is 13.0 Å². The zero-order valence-electron chi connectivity index (χ0n) is 10.2. The summed E-state index contributed by atoms with van der Waals surface area (Å²) in [5.41, 5.74) is 5.68. The van der Waals surface area contributed by atoms with E-state index >= 15 is 0 Å². The number of nitrogens with one attached hydrogen (secondary N) is 1. The van der Waals surface area contributed by atoms with Gasteiger partial charge < -0.3 is 16.2 Å². The maximum atomic E-state index is 10.00. The third kappa shape index (κ3) is 3.61. The van der Waals surface area contributed by atoms with Gasteiger partial charge in [-0.25, -0.2) is 4.98 Å². The van der Waals surface area contributed by atoms with E-state index in [-0.39, 0.29) is 0 Å². The second kappa shape index (κ2) is 5.51. The highest BCUT2D eigenvalue weighted by Gasteiger charge is 2.19. The van der Waals surface area contributed by atoms with E-state index in [9.17, 15) is 5.11 Å². The molecular formula is C12H18N4O. The molecule has 1 unspecified atom stereocenters. The Hall–Kier alpha value is -1.80. The Morgan fingerprint density at radius 1 is 1.65 bits per heavy atom. The summed E-state index contributed by atoms with van der Waals surface area (Å²) in [6.07, 6.45) is 3.11. The standard InChI is InChI=1S/C12H18N4O/c1-3-5-12(2,17)8-16-11-10(14)9(7-13)4-6-15-11/h4,6,17H,3,5,8,14H2,1-2H3,(H,15,16). The van der Waals surface area contributed by atoms with Crippen LogP contribution in [0.2, 0.25) is 0 Å². The average molecular weight is 234 g/mol. The van der Waals surface area contributed by atoms with Crippen LogP contribution in [0.1, 0.15) is 32.3 Å².